The summed E-state index contributed by atoms with van der Waals surface area (Å²) in [7, 11) is 2.05. The van der Waals surface area contributed by atoms with Gasteiger partial charge < -0.3 is 15.0 Å². The standard InChI is InChI=1S/C16H19N5/c1-20(11-8-13-6-2-4-9-18-13)16-14(12-17)21-10-5-3-7-15(21)19-16/h2-7,9-10H,8,11-12,17H2,1H3. The quantitative estimate of drug-likeness (QED) is 0.775. The van der Waals surface area contributed by atoms with Crippen LogP contribution >= 0.6 is 0 Å². The van der Waals surface area contributed by atoms with E-state index in [1.165, 1.54) is 0 Å². The normalized spacial score (nSPS) is 11.0. The summed E-state index contributed by atoms with van der Waals surface area (Å²) in [5.74, 6) is 0.944. The van der Waals surface area contributed by atoms with Crippen LogP contribution in [0.2, 0.25) is 0 Å². The first-order valence-corrected chi connectivity index (χ1v) is 7.06. The third kappa shape index (κ3) is 2.73. The molecule has 21 heavy (non-hydrogen) atoms. The monoisotopic (exact) mass is 281 g/mol. The lowest BCUT2D eigenvalue weighted by Gasteiger charge is -2.17. The van der Waals surface area contributed by atoms with Crippen LogP contribution in [0.1, 0.15) is 11.4 Å². The molecule has 0 aliphatic heterocycles. The number of hydrogen-bond donors (Lipinski definition) is 1. The molecule has 0 aliphatic rings. The summed E-state index contributed by atoms with van der Waals surface area (Å²) in [6, 6.07) is 12.0. The molecule has 3 aromatic heterocycles. The fraction of sp³-hybridized carbons (Fsp3) is 0.250. The average Bonchev–Trinajstić information content (AvgIpc) is 2.92. The molecular formula is C16H19N5. The van der Waals surface area contributed by atoms with Gasteiger partial charge in [-0.15, -0.1) is 0 Å². The van der Waals surface area contributed by atoms with Crippen molar-refractivity contribution in [1.29, 1.82) is 0 Å². The number of nitrogens with zero attached hydrogens (tertiary/aromatic N) is 4. The van der Waals surface area contributed by atoms with E-state index in [9.17, 15) is 0 Å². The highest BCUT2D eigenvalue weighted by atomic mass is 15.2. The van der Waals surface area contributed by atoms with Gasteiger partial charge in [-0.1, -0.05) is 12.1 Å². The molecule has 0 unspecified atom stereocenters. The summed E-state index contributed by atoms with van der Waals surface area (Å²) in [6.07, 6.45) is 4.71. The van der Waals surface area contributed by atoms with Crippen molar-refractivity contribution in [1.82, 2.24) is 14.4 Å². The molecule has 0 amide bonds. The number of aromatic nitrogens is 3. The zero-order valence-electron chi connectivity index (χ0n) is 12.1. The molecule has 5 nitrogen and oxygen atoms in total. The Balaban J connectivity index is 1.82. The molecule has 2 N–H and O–H groups in total. The highest BCUT2D eigenvalue weighted by Crippen LogP contribution is 2.20. The predicted molar refractivity (Wildman–Crippen MR) is 84.3 cm³/mol. The van der Waals surface area contributed by atoms with Crippen molar-refractivity contribution in [2.45, 2.75) is 13.0 Å². The van der Waals surface area contributed by atoms with Gasteiger partial charge in [0.1, 0.15) is 5.65 Å². The second kappa shape index (κ2) is 5.93. The topological polar surface area (TPSA) is 59.5 Å². The van der Waals surface area contributed by atoms with E-state index < -0.39 is 0 Å². The molecule has 0 bridgehead atoms. The van der Waals surface area contributed by atoms with Crippen molar-refractivity contribution < 1.29 is 0 Å². The van der Waals surface area contributed by atoms with Crippen molar-refractivity contribution in [3.63, 3.8) is 0 Å². The molecule has 0 saturated carbocycles. The Morgan fingerprint density at radius 2 is 2.05 bits per heavy atom. The maximum atomic E-state index is 5.91. The van der Waals surface area contributed by atoms with Crippen LogP contribution in [0, 0.1) is 0 Å². The number of rotatable bonds is 5. The molecule has 0 aromatic carbocycles. The molecule has 0 aliphatic carbocycles. The first-order chi connectivity index (χ1) is 10.3. The number of nitrogens with two attached hydrogens (primary N) is 1. The van der Waals surface area contributed by atoms with Crippen molar-refractivity contribution >= 4 is 11.5 Å². The smallest absolute Gasteiger partial charge is 0.152 e. The van der Waals surface area contributed by atoms with Crippen LogP contribution in [0.4, 0.5) is 5.82 Å². The first kappa shape index (κ1) is 13.6. The number of fused-ring (bicyclic) bond motifs is 1. The third-order valence-corrected chi connectivity index (χ3v) is 3.59. The largest absolute Gasteiger partial charge is 0.358 e. The first-order valence-electron chi connectivity index (χ1n) is 7.06. The Morgan fingerprint density at radius 3 is 2.81 bits per heavy atom. The van der Waals surface area contributed by atoms with E-state index in [4.69, 9.17) is 5.73 Å². The van der Waals surface area contributed by atoms with E-state index in [0.717, 1.165) is 35.8 Å². The van der Waals surface area contributed by atoms with Gasteiger partial charge in [-0.25, -0.2) is 4.98 Å². The summed E-state index contributed by atoms with van der Waals surface area (Å²) >= 11 is 0. The summed E-state index contributed by atoms with van der Waals surface area (Å²) in [6.45, 7) is 1.32. The van der Waals surface area contributed by atoms with E-state index in [0.29, 0.717) is 6.54 Å². The SMILES string of the molecule is CN(CCc1ccccn1)c1nc2ccccn2c1CN. The van der Waals surface area contributed by atoms with Gasteiger partial charge in [-0.3, -0.25) is 4.98 Å². The van der Waals surface area contributed by atoms with Gasteiger partial charge in [0.2, 0.25) is 0 Å². The van der Waals surface area contributed by atoms with Crippen LogP contribution in [0.5, 0.6) is 0 Å². The van der Waals surface area contributed by atoms with Crippen molar-refractivity contribution in [2.75, 3.05) is 18.5 Å². The Hall–Kier alpha value is -2.40. The average molecular weight is 281 g/mol. The van der Waals surface area contributed by atoms with Crippen LogP contribution in [-0.2, 0) is 13.0 Å². The van der Waals surface area contributed by atoms with Gasteiger partial charge in [-0.05, 0) is 24.3 Å². The van der Waals surface area contributed by atoms with Crippen LogP contribution < -0.4 is 10.6 Å². The molecular weight excluding hydrogens is 262 g/mol. The van der Waals surface area contributed by atoms with Crippen LogP contribution in [0.3, 0.4) is 0 Å². The van der Waals surface area contributed by atoms with Gasteiger partial charge in [0, 0.05) is 44.6 Å². The Labute approximate surface area is 124 Å². The molecule has 0 fully saturated rings. The van der Waals surface area contributed by atoms with Gasteiger partial charge in [0.05, 0.1) is 5.69 Å². The highest BCUT2D eigenvalue weighted by molar-refractivity contribution is 5.55. The van der Waals surface area contributed by atoms with Gasteiger partial charge in [-0.2, -0.15) is 0 Å². The fourth-order valence-corrected chi connectivity index (χ4v) is 2.46. The maximum Gasteiger partial charge on any atom is 0.152 e. The summed E-state index contributed by atoms with van der Waals surface area (Å²) in [5, 5.41) is 0. The van der Waals surface area contributed by atoms with Crippen molar-refractivity contribution in [3.05, 3.63) is 60.2 Å². The van der Waals surface area contributed by atoms with E-state index in [1.54, 1.807) is 0 Å². The molecule has 3 aromatic rings. The third-order valence-electron chi connectivity index (χ3n) is 3.59. The minimum Gasteiger partial charge on any atom is -0.358 e. The summed E-state index contributed by atoms with van der Waals surface area (Å²) in [4.78, 5) is 11.2. The number of imidazole rings is 1. The Kier molecular flexibility index (Phi) is 3.83. The van der Waals surface area contributed by atoms with Crippen LogP contribution in [0.25, 0.3) is 5.65 Å². The highest BCUT2D eigenvalue weighted by Gasteiger charge is 2.14. The predicted octanol–water partition coefficient (Wildman–Crippen LogP) is 1.87. The van der Waals surface area contributed by atoms with Gasteiger partial charge in [0.25, 0.3) is 0 Å². The number of pyridine rings is 2. The number of anilines is 1. The lowest BCUT2D eigenvalue weighted by molar-refractivity contribution is 0.829. The van der Waals surface area contributed by atoms with E-state index in [2.05, 4.69) is 14.9 Å². The second-order valence-electron chi connectivity index (χ2n) is 5.01. The molecule has 3 rings (SSSR count). The van der Waals surface area contributed by atoms with Gasteiger partial charge >= 0.3 is 0 Å². The molecule has 0 spiro atoms. The lowest BCUT2D eigenvalue weighted by Crippen LogP contribution is -2.23. The maximum absolute atomic E-state index is 5.91. The zero-order valence-corrected chi connectivity index (χ0v) is 12.1. The number of likely N-dealkylation sites (N-methyl/N-ethyl adjacent to an activating group) is 1. The minimum absolute atomic E-state index is 0.467. The summed E-state index contributed by atoms with van der Waals surface area (Å²) in [5.41, 5.74) is 8.96. The second-order valence-corrected chi connectivity index (χ2v) is 5.01. The summed E-state index contributed by atoms with van der Waals surface area (Å²) < 4.78 is 2.05. The molecule has 3 heterocycles. The zero-order chi connectivity index (χ0) is 14.7. The molecule has 0 atom stereocenters. The van der Waals surface area contributed by atoms with Crippen molar-refractivity contribution in [2.24, 2.45) is 5.73 Å². The molecule has 108 valence electrons. The molecule has 5 heteroatoms. The van der Waals surface area contributed by atoms with Gasteiger partial charge in [0.15, 0.2) is 5.82 Å². The fourth-order valence-electron chi connectivity index (χ4n) is 2.46. The number of hydrogen-bond acceptors (Lipinski definition) is 4. The Morgan fingerprint density at radius 1 is 1.19 bits per heavy atom. The molecule has 0 radical (unpaired) electrons. The van der Waals surface area contributed by atoms with Crippen LogP contribution in [0.15, 0.2) is 48.8 Å². The molecule has 0 saturated heterocycles. The van der Waals surface area contributed by atoms with E-state index >= 15 is 0 Å². The van der Waals surface area contributed by atoms with Crippen LogP contribution in [-0.4, -0.2) is 28.0 Å². The van der Waals surface area contributed by atoms with Crippen molar-refractivity contribution in [3.8, 4) is 0 Å². The minimum atomic E-state index is 0.467. The Bertz CT molecular complexity index is 720. The van der Waals surface area contributed by atoms with E-state index in [-0.39, 0.29) is 0 Å². The lowest BCUT2D eigenvalue weighted by atomic mass is 10.2. The van der Waals surface area contributed by atoms with E-state index in [1.807, 2.05) is 60.2 Å².